The summed E-state index contributed by atoms with van der Waals surface area (Å²) >= 11 is 0. The number of benzene rings is 2. The molecule has 1 amide bonds. The molecule has 0 aliphatic carbocycles. The number of amides is 1. The Morgan fingerprint density at radius 3 is 2.52 bits per heavy atom. The van der Waals surface area contributed by atoms with Gasteiger partial charge in [-0.2, -0.15) is 0 Å². The van der Waals surface area contributed by atoms with Crippen molar-refractivity contribution in [2.75, 3.05) is 33.0 Å². The molecule has 0 saturated carbocycles. The third-order valence-corrected chi connectivity index (χ3v) is 5.11. The second kappa shape index (κ2) is 7.38. The van der Waals surface area contributed by atoms with Gasteiger partial charge in [0.05, 0.1) is 25.9 Å². The molecule has 2 saturated heterocycles. The quantitative estimate of drug-likeness (QED) is 0.862. The number of hydrogen-bond donors (Lipinski definition) is 0. The Morgan fingerprint density at radius 1 is 0.920 bits per heavy atom. The molecule has 130 valence electrons. The van der Waals surface area contributed by atoms with Gasteiger partial charge in [0.25, 0.3) is 5.91 Å². The second-order valence-corrected chi connectivity index (χ2v) is 6.69. The van der Waals surface area contributed by atoms with Gasteiger partial charge >= 0.3 is 0 Å². The summed E-state index contributed by atoms with van der Waals surface area (Å²) in [7, 11) is 0. The highest BCUT2D eigenvalue weighted by Gasteiger charge is 2.29. The SMILES string of the molecule is O=C(c1cccc([C@H]2CCOC2)c1)N1CCOC[C@H]1c1ccccc1. The molecule has 4 heteroatoms. The fraction of sp³-hybridized carbons (Fsp3) is 0.381. The molecule has 2 aromatic carbocycles. The van der Waals surface area contributed by atoms with Crippen LogP contribution in [0.15, 0.2) is 54.6 Å². The van der Waals surface area contributed by atoms with Gasteiger partial charge in [-0.3, -0.25) is 4.79 Å². The second-order valence-electron chi connectivity index (χ2n) is 6.69. The Morgan fingerprint density at radius 2 is 1.72 bits per heavy atom. The molecule has 25 heavy (non-hydrogen) atoms. The summed E-state index contributed by atoms with van der Waals surface area (Å²) in [6.07, 6.45) is 1.03. The van der Waals surface area contributed by atoms with E-state index in [1.165, 1.54) is 5.56 Å². The van der Waals surface area contributed by atoms with Gasteiger partial charge < -0.3 is 14.4 Å². The van der Waals surface area contributed by atoms with Crippen molar-refractivity contribution in [2.24, 2.45) is 0 Å². The number of carbonyl (C=O) groups excluding carboxylic acids is 1. The van der Waals surface area contributed by atoms with Gasteiger partial charge in [-0.25, -0.2) is 0 Å². The standard InChI is InChI=1S/C21H23NO3/c23-21(18-8-4-7-17(13-18)19-9-11-24-14-19)22-10-12-25-15-20(22)16-5-2-1-3-6-16/h1-8,13,19-20H,9-12,14-15H2/t19-,20-/m0/s1. The summed E-state index contributed by atoms with van der Waals surface area (Å²) < 4.78 is 11.1. The highest BCUT2D eigenvalue weighted by molar-refractivity contribution is 5.94. The maximum Gasteiger partial charge on any atom is 0.254 e. The minimum absolute atomic E-state index is 0.0269. The highest BCUT2D eigenvalue weighted by Crippen LogP contribution is 2.29. The number of carbonyl (C=O) groups is 1. The van der Waals surface area contributed by atoms with Crippen molar-refractivity contribution in [3.63, 3.8) is 0 Å². The summed E-state index contributed by atoms with van der Waals surface area (Å²) in [6.45, 7) is 3.32. The molecule has 0 unspecified atom stereocenters. The smallest absolute Gasteiger partial charge is 0.254 e. The lowest BCUT2D eigenvalue weighted by molar-refractivity contribution is -0.00270. The molecule has 2 aliphatic rings. The van der Waals surface area contributed by atoms with Crippen molar-refractivity contribution in [1.29, 1.82) is 0 Å². The van der Waals surface area contributed by atoms with E-state index in [1.807, 2.05) is 41.3 Å². The van der Waals surface area contributed by atoms with E-state index in [-0.39, 0.29) is 11.9 Å². The predicted molar refractivity (Wildman–Crippen MR) is 95.7 cm³/mol. The van der Waals surface area contributed by atoms with Crippen molar-refractivity contribution in [3.8, 4) is 0 Å². The van der Waals surface area contributed by atoms with Gasteiger partial charge in [-0.05, 0) is 29.7 Å². The summed E-state index contributed by atoms with van der Waals surface area (Å²) in [4.78, 5) is 15.1. The average Bonchev–Trinajstić information content (AvgIpc) is 3.23. The number of rotatable bonds is 3. The molecule has 4 nitrogen and oxygen atoms in total. The molecule has 2 atom stereocenters. The molecule has 0 aromatic heterocycles. The highest BCUT2D eigenvalue weighted by atomic mass is 16.5. The van der Waals surface area contributed by atoms with Crippen molar-refractivity contribution in [2.45, 2.75) is 18.4 Å². The molecule has 2 fully saturated rings. The lowest BCUT2D eigenvalue weighted by Gasteiger charge is -2.36. The van der Waals surface area contributed by atoms with E-state index in [2.05, 4.69) is 18.2 Å². The van der Waals surface area contributed by atoms with Crippen LogP contribution in [-0.2, 0) is 9.47 Å². The van der Waals surface area contributed by atoms with Gasteiger partial charge in [0.1, 0.15) is 0 Å². The van der Waals surface area contributed by atoms with Crippen LogP contribution in [0.5, 0.6) is 0 Å². The monoisotopic (exact) mass is 337 g/mol. The van der Waals surface area contributed by atoms with E-state index in [9.17, 15) is 4.79 Å². The van der Waals surface area contributed by atoms with Crippen LogP contribution in [0.4, 0.5) is 0 Å². The number of ether oxygens (including phenoxy) is 2. The van der Waals surface area contributed by atoms with Gasteiger partial charge in [-0.15, -0.1) is 0 Å². The van der Waals surface area contributed by atoms with Crippen LogP contribution in [-0.4, -0.2) is 43.8 Å². The molecule has 0 radical (unpaired) electrons. The summed E-state index contributed by atoms with van der Waals surface area (Å²) in [5.41, 5.74) is 3.08. The van der Waals surface area contributed by atoms with Crippen LogP contribution in [0, 0.1) is 0 Å². The van der Waals surface area contributed by atoms with Crippen LogP contribution >= 0.6 is 0 Å². The van der Waals surface area contributed by atoms with Crippen LogP contribution in [0.3, 0.4) is 0 Å². The fourth-order valence-corrected chi connectivity index (χ4v) is 3.69. The molecular weight excluding hydrogens is 314 g/mol. The van der Waals surface area contributed by atoms with Crippen molar-refractivity contribution in [3.05, 3.63) is 71.3 Å². The topological polar surface area (TPSA) is 38.8 Å². The number of nitrogens with zero attached hydrogens (tertiary/aromatic N) is 1. The zero-order chi connectivity index (χ0) is 17.1. The molecule has 0 N–H and O–H groups in total. The number of morpholine rings is 1. The minimum atomic E-state index is -0.0269. The molecule has 2 aromatic rings. The Bertz CT molecular complexity index is 725. The third-order valence-electron chi connectivity index (χ3n) is 5.11. The molecular formula is C21H23NO3. The van der Waals surface area contributed by atoms with Gasteiger partial charge in [0.2, 0.25) is 0 Å². The van der Waals surface area contributed by atoms with Crippen LogP contribution in [0.1, 0.15) is 39.9 Å². The van der Waals surface area contributed by atoms with Crippen LogP contribution in [0.2, 0.25) is 0 Å². The van der Waals surface area contributed by atoms with Crippen LogP contribution < -0.4 is 0 Å². The molecule has 0 bridgehead atoms. The molecule has 2 heterocycles. The number of hydrogen-bond acceptors (Lipinski definition) is 3. The first-order valence-electron chi connectivity index (χ1n) is 8.94. The van der Waals surface area contributed by atoms with E-state index in [0.29, 0.717) is 25.7 Å². The Balaban J connectivity index is 1.59. The van der Waals surface area contributed by atoms with E-state index >= 15 is 0 Å². The van der Waals surface area contributed by atoms with Crippen molar-refractivity contribution >= 4 is 5.91 Å². The maximum atomic E-state index is 13.2. The van der Waals surface area contributed by atoms with Gasteiger partial charge in [-0.1, -0.05) is 42.5 Å². The third kappa shape index (κ3) is 3.46. The Kier molecular flexibility index (Phi) is 4.81. The van der Waals surface area contributed by atoms with E-state index in [4.69, 9.17) is 9.47 Å². The van der Waals surface area contributed by atoms with Crippen molar-refractivity contribution < 1.29 is 14.3 Å². The molecule has 4 rings (SSSR count). The first-order valence-corrected chi connectivity index (χ1v) is 8.94. The Labute approximate surface area is 148 Å². The fourth-order valence-electron chi connectivity index (χ4n) is 3.69. The van der Waals surface area contributed by atoms with Crippen molar-refractivity contribution in [1.82, 2.24) is 4.90 Å². The first-order chi connectivity index (χ1) is 12.3. The summed E-state index contributed by atoms with van der Waals surface area (Å²) in [5, 5.41) is 0. The molecule has 2 aliphatic heterocycles. The van der Waals surface area contributed by atoms with Gasteiger partial charge in [0.15, 0.2) is 0 Å². The van der Waals surface area contributed by atoms with E-state index in [0.717, 1.165) is 30.8 Å². The largest absolute Gasteiger partial charge is 0.381 e. The average molecular weight is 337 g/mol. The van der Waals surface area contributed by atoms with Gasteiger partial charge in [0, 0.05) is 24.6 Å². The molecule has 0 spiro atoms. The summed E-state index contributed by atoms with van der Waals surface area (Å²) in [5.74, 6) is 0.486. The zero-order valence-electron chi connectivity index (χ0n) is 14.3. The maximum absolute atomic E-state index is 13.2. The predicted octanol–water partition coefficient (Wildman–Crippen LogP) is 3.40. The lowest BCUT2D eigenvalue weighted by Crippen LogP contribution is -2.43. The lowest BCUT2D eigenvalue weighted by atomic mass is 9.96. The zero-order valence-corrected chi connectivity index (χ0v) is 14.3. The normalized spacial score (nSPS) is 23.6. The minimum Gasteiger partial charge on any atom is -0.381 e. The van der Waals surface area contributed by atoms with Crippen LogP contribution in [0.25, 0.3) is 0 Å². The summed E-state index contributed by atoms with van der Waals surface area (Å²) in [6, 6.07) is 18.1. The first kappa shape index (κ1) is 16.3. The van der Waals surface area contributed by atoms with E-state index in [1.54, 1.807) is 0 Å². The Hall–Kier alpha value is -2.17. The van der Waals surface area contributed by atoms with E-state index < -0.39 is 0 Å².